The van der Waals surface area contributed by atoms with E-state index in [0.717, 1.165) is 6.42 Å². The molecule has 0 fully saturated rings. The maximum Gasteiger partial charge on any atom is 0.338 e. The fourth-order valence-electron chi connectivity index (χ4n) is 3.02. The van der Waals surface area contributed by atoms with Crippen molar-refractivity contribution in [1.82, 2.24) is 4.90 Å². The van der Waals surface area contributed by atoms with Gasteiger partial charge in [-0.25, -0.2) is 4.79 Å². The molecule has 0 bridgehead atoms. The summed E-state index contributed by atoms with van der Waals surface area (Å²) in [5, 5.41) is 2.60. The number of fused-ring (bicyclic) bond motifs is 1. The van der Waals surface area contributed by atoms with Gasteiger partial charge in [0.25, 0.3) is 17.7 Å². The third kappa shape index (κ3) is 4.48. The van der Waals surface area contributed by atoms with Crippen LogP contribution in [-0.4, -0.2) is 48.9 Å². The van der Waals surface area contributed by atoms with E-state index in [1.54, 1.807) is 24.3 Å². The molecular weight excluding hydrogens is 388 g/mol. The summed E-state index contributed by atoms with van der Waals surface area (Å²) in [6, 6.07) is 10.9. The summed E-state index contributed by atoms with van der Waals surface area (Å²) < 4.78 is 10.1. The molecular formula is C22H22N2O6. The lowest BCUT2D eigenvalue weighted by Gasteiger charge is -2.12. The van der Waals surface area contributed by atoms with Crippen LogP contribution in [0.4, 0.5) is 5.69 Å². The highest BCUT2D eigenvalue weighted by Gasteiger charge is 2.35. The SMILES string of the molecule is CCCCN1C(=O)c2ccc(C(=O)OCC(=O)Nc3ccc(OC)cc3)cc2C1=O. The van der Waals surface area contributed by atoms with Crippen molar-refractivity contribution in [2.45, 2.75) is 19.8 Å². The number of esters is 1. The van der Waals surface area contributed by atoms with Gasteiger partial charge in [0, 0.05) is 12.2 Å². The summed E-state index contributed by atoms with van der Waals surface area (Å²) in [6.45, 7) is 1.82. The van der Waals surface area contributed by atoms with Crippen LogP contribution in [0.25, 0.3) is 0 Å². The average molecular weight is 410 g/mol. The molecule has 2 aromatic carbocycles. The second-order valence-electron chi connectivity index (χ2n) is 6.73. The number of nitrogens with zero attached hydrogens (tertiary/aromatic N) is 1. The number of hydrogen-bond acceptors (Lipinski definition) is 6. The molecule has 1 aliphatic rings. The lowest BCUT2D eigenvalue weighted by Crippen LogP contribution is -2.30. The summed E-state index contributed by atoms with van der Waals surface area (Å²) in [7, 11) is 1.54. The van der Waals surface area contributed by atoms with E-state index in [4.69, 9.17) is 9.47 Å². The first-order chi connectivity index (χ1) is 14.4. The molecule has 1 heterocycles. The van der Waals surface area contributed by atoms with Gasteiger partial charge in [0.2, 0.25) is 0 Å². The number of benzene rings is 2. The van der Waals surface area contributed by atoms with Gasteiger partial charge in [-0.2, -0.15) is 0 Å². The van der Waals surface area contributed by atoms with Gasteiger partial charge in [-0.05, 0) is 48.9 Å². The Morgan fingerprint density at radius 1 is 1.00 bits per heavy atom. The molecule has 30 heavy (non-hydrogen) atoms. The second kappa shape index (κ2) is 9.21. The minimum atomic E-state index is -0.755. The van der Waals surface area contributed by atoms with Crippen LogP contribution in [0.1, 0.15) is 50.8 Å². The Kier molecular flexibility index (Phi) is 6.46. The molecule has 1 aliphatic heterocycles. The van der Waals surface area contributed by atoms with E-state index in [9.17, 15) is 19.2 Å². The van der Waals surface area contributed by atoms with Gasteiger partial charge in [0.05, 0.1) is 23.8 Å². The highest BCUT2D eigenvalue weighted by Crippen LogP contribution is 2.24. The average Bonchev–Trinajstić information content (AvgIpc) is 3.00. The van der Waals surface area contributed by atoms with Crippen molar-refractivity contribution in [3.8, 4) is 5.75 Å². The number of methoxy groups -OCH3 is 1. The highest BCUT2D eigenvalue weighted by atomic mass is 16.5. The van der Waals surface area contributed by atoms with Crippen LogP contribution < -0.4 is 10.1 Å². The Bertz CT molecular complexity index is 984. The van der Waals surface area contributed by atoms with Gasteiger partial charge in [-0.3, -0.25) is 19.3 Å². The summed E-state index contributed by atoms with van der Waals surface area (Å²) in [6.07, 6.45) is 1.56. The normalized spacial score (nSPS) is 12.5. The molecule has 2 aromatic rings. The van der Waals surface area contributed by atoms with Gasteiger partial charge in [0.15, 0.2) is 6.61 Å². The zero-order valence-electron chi connectivity index (χ0n) is 16.8. The van der Waals surface area contributed by atoms with Crippen molar-refractivity contribution in [2.75, 3.05) is 25.6 Å². The number of nitrogens with one attached hydrogen (secondary N) is 1. The first-order valence-corrected chi connectivity index (χ1v) is 9.56. The lowest BCUT2D eigenvalue weighted by molar-refractivity contribution is -0.119. The molecule has 156 valence electrons. The van der Waals surface area contributed by atoms with E-state index in [-0.39, 0.29) is 22.6 Å². The molecule has 0 radical (unpaired) electrons. The minimum absolute atomic E-state index is 0.101. The number of imide groups is 1. The van der Waals surface area contributed by atoms with Gasteiger partial charge in [-0.15, -0.1) is 0 Å². The lowest BCUT2D eigenvalue weighted by atomic mass is 10.1. The monoisotopic (exact) mass is 410 g/mol. The molecule has 0 aliphatic carbocycles. The van der Waals surface area contributed by atoms with Crippen LogP contribution in [-0.2, 0) is 9.53 Å². The topological polar surface area (TPSA) is 102 Å². The Balaban J connectivity index is 1.60. The number of anilines is 1. The Labute approximate surface area is 173 Å². The zero-order valence-corrected chi connectivity index (χ0v) is 16.8. The van der Waals surface area contributed by atoms with E-state index in [2.05, 4.69) is 5.32 Å². The van der Waals surface area contributed by atoms with E-state index >= 15 is 0 Å². The van der Waals surface area contributed by atoms with E-state index < -0.39 is 24.4 Å². The van der Waals surface area contributed by atoms with Gasteiger partial charge in [-0.1, -0.05) is 13.3 Å². The maximum atomic E-state index is 12.5. The Morgan fingerprint density at radius 3 is 2.37 bits per heavy atom. The maximum absolute atomic E-state index is 12.5. The predicted octanol–water partition coefficient (Wildman–Crippen LogP) is 2.89. The van der Waals surface area contributed by atoms with Crippen LogP contribution in [0.2, 0.25) is 0 Å². The number of ether oxygens (including phenoxy) is 2. The Morgan fingerprint density at radius 2 is 1.70 bits per heavy atom. The smallest absolute Gasteiger partial charge is 0.338 e. The summed E-state index contributed by atoms with van der Waals surface area (Å²) in [4.78, 5) is 50.3. The van der Waals surface area contributed by atoms with Crippen LogP contribution >= 0.6 is 0 Å². The number of amides is 3. The van der Waals surface area contributed by atoms with Crippen LogP contribution in [0.15, 0.2) is 42.5 Å². The summed E-state index contributed by atoms with van der Waals surface area (Å²) in [5.74, 6) is -1.39. The molecule has 0 saturated carbocycles. The van der Waals surface area contributed by atoms with E-state index in [1.807, 2.05) is 6.92 Å². The molecule has 0 unspecified atom stereocenters. The Hall–Kier alpha value is -3.68. The molecule has 1 N–H and O–H groups in total. The fourth-order valence-corrected chi connectivity index (χ4v) is 3.02. The zero-order chi connectivity index (χ0) is 21.7. The van der Waals surface area contributed by atoms with Crippen molar-refractivity contribution in [1.29, 1.82) is 0 Å². The number of carbonyl (C=O) groups excluding carboxylic acids is 4. The number of unbranched alkanes of at least 4 members (excludes halogenated alkanes) is 1. The minimum Gasteiger partial charge on any atom is -0.497 e. The number of rotatable bonds is 8. The molecule has 8 heteroatoms. The molecule has 3 amide bonds. The van der Waals surface area contributed by atoms with Crippen molar-refractivity contribution < 1.29 is 28.7 Å². The van der Waals surface area contributed by atoms with E-state index in [1.165, 1.54) is 30.2 Å². The quantitative estimate of drug-likeness (QED) is 0.530. The number of carbonyl (C=O) groups is 4. The first kappa shape index (κ1) is 21.0. The van der Waals surface area contributed by atoms with Crippen LogP contribution in [0, 0.1) is 0 Å². The van der Waals surface area contributed by atoms with Gasteiger partial charge < -0.3 is 14.8 Å². The first-order valence-electron chi connectivity index (χ1n) is 9.56. The second-order valence-corrected chi connectivity index (χ2v) is 6.73. The van der Waals surface area contributed by atoms with E-state index in [0.29, 0.717) is 24.4 Å². The third-order valence-electron chi connectivity index (χ3n) is 4.65. The molecule has 3 rings (SSSR count). The van der Waals surface area contributed by atoms with Crippen LogP contribution in [0.3, 0.4) is 0 Å². The largest absolute Gasteiger partial charge is 0.497 e. The van der Waals surface area contributed by atoms with Crippen molar-refractivity contribution in [3.05, 3.63) is 59.2 Å². The van der Waals surface area contributed by atoms with Crippen molar-refractivity contribution in [2.24, 2.45) is 0 Å². The molecule has 0 atom stereocenters. The third-order valence-corrected chi connectivity index (χ3v) is 4.65. The van der Waals surface area contributed by atoms with Gasteiger partial charge >= 0.3 is 5.97 Å². The summed E-state index contributed by atoms with van der Waals surface area (Å²) in [5.41, 5.74) is 1.08. The predicted molar refractivity (Wildman–Crippen MR) is 109 cm³/mol. The molecule has 8 nitrogen and oxygen atoms in total. The van der Waals surface area contributed by atoms with Crippen LogP contribution in [0.5, 0.6) is 5.75 Å². The number of hydrogen-bond donors (Lipinski definition) is 1. The standard InChI is InChI=1S/C22H22N2O6/c1-3-4-11-24-20(26)17-10-5-14(12-18(17)21(24)27)22(28)30-13-19(25)23-15-6-8-16(29-2)9-7-15/h5-10,12H,3-4,11,13H2,1-2H3,(H,23,25). The molecule has 0 saturated heterocycles. The molecule has 0 spiro atoms. The van der Waals surface area contributed by atoms with Gasteiger partial charge in [0.1, 0.15) is 5.75 Å². The summed E-state index contributed by atoms with van der Waals surface area (Å²) >= 11 is 0. The van der Waals surface area contributed by atoms with Crippen molar-refractivity contribution >= 4 is 29.4 Å². The van der Waals surface area contributed by atoms with Crippen molar-refractivity contribution in [3.63, 3.8) is 0 Å². The fraction of sp³-hybridized carbons (Fsp3) is 0.273. The highest BCUT2D eigenvalue weighted by molar-refractivity contribution is 6.22. The molecule has 0 aromatic heterocycles.